The van der Waals surface area contributed by atoms with Gasteiger partial charge >= 0.3 is 12.1 Å². The molecule has 1 fully saturated rings. The van der Waals surface area contributed by atoms with Crippen LogP contribution in [0, 0.1) is 6.92 Å². The van der Waals surface area contributed by atoms with E-state index in [2.05, 4.69) is 14.6 Å². The van der Waals surface area contributed by atoms with Crippen molar-refractivity contribution in [3.63, 3.8) is 0 Å². The molecule has 0 bridgehead atoms. The van der Waals surface area contributed by atoms with Gasteiger partial charge in [0.2, 0.25) is 5.88 Å². The molecule has 1 N–H and O–H groups in total. The van der Waals surface area contributed by atoms with Gasteiger partial charge in [0.25, 0.3) is 0 Å². The number of hydrogen-bond acceptors (Lipinski definition) is 5. The molecule has 1 aliphatic heterocycles. The molecule has 0 amide bonds. The maximum absolute atomic E-state index is 13.0. The molecule has 170 valence electrons. The van der Waals surface area contributed by atoms with Crippen LogP contribution in [0.3, 0.4) is 0 Å². The van der Waals surface area contributed by atoms with Gasteiger partial charge in [-0.15, -0.1) is 13.2 Å². The number of imidazole rings is 1. The summed E-state index contributed by atoms with van der Waals surface area (Å²) in [6, 6.07) is 8.51. The highest BCUT2D eigenvalue weighted by molar-refractivity contribution is 5.43. The highest BCUT2D eigenvalue weighted by atomic mass is 19.4. The van der Waals surface area contributed by atoms with Crippen molar-refractivity contribution in [1.29, 1.82) is 0 Å². The van der Waals surface area contributed by atoms with E-state index >= 15 is 0 Å². The lowest BCUT2D eigenvalue weighted by Gasteiger charge is -2.27. The quantitative estimate of drug-likeness (QED) is 0.639. The predicted molar refractivity (Wildman–Crippen MR) is 113 cm³/mol. The second kappa shape index (κ2) is 8.60. The molecule has 7 nitrogen and oxygen atoms in total. The van der Waals surface area contributed by atoms with Crippen molar-refractivity contribution in [3.05, 3.63) is 64.3 Å². The molecule has 1 aromatic carbocycles. The number of aromatic nitrogens is 3. The average Bonchev–Trinajstić information content (AvgIpc) is 2.97. The Hall–Kier alpha value is -3.43. The normalized spacial score (nSPS) is 14.6. The van der Waals surface area contributed by atoms with Crippen molar-refractivity contribution in [3.8, 4) is 17.3 Å². The number of halogens is 3. The maximum atomic E-state index is 13.0. The van der Waals surface area contributed by atoms with Crippen molar-refractivity contribution in [2.45, 2.75) is 39.1 Å². The highest BCUT2D eigenvalue weighted by Gasteiger charge is 2.31. The first-order valence-corrected chi connectivity index (χ1v) is 10.3. The van der Waals surface area contributed by atoms with E-state index in [4.69, 9.17) is 0 Å². The molecule has 0 spiro atoms. The van der Waals surface area contributed by atoms with Crippen LogP contribution in [0.15, 0.2) is 47.4 Å². The number of pyridine rings is 1. The van der Waals surface area contributed by atoms with E-state index in [-0.39, 0.29) is 18.1 Å². The van der Waals surface area contributed by atoms with E-state index in [0.717, 1.165) is 54.0 Å². The van der Waals surface area contributed by atoms with E-state index in [0.29, 0.717) is 5.69 Å². The zero-order chi connectivity index (χ0) is 22.9. The first kappa shape index (κ1) is 21.8. The number of rotatable bonds is 5. The molecule has 10 heteroatoms. The van der Waals surface area contributed by atoms with E-state index in [9.17, 15) is 23.1 Å². The van der Waals surface area contributed by atoms with Crippen molar-refractivity contribution in [2.24, 2.45) is 0 Å². The monoisotopic (exact) mass is 448 g/mol. The average molecular weight is 448 g/mol. The minimum absolute atomic E-state index is 0.226. The van der Waals surface area contributed by atoms with Gasteiger partial charge in [0, 0.05) is 19.3 Å². The second-order valence-electron chi connectivity index (χ2n) is 7.72. The Bertz CT molecular complexity index is 1150. The second-order valence-corrected chi connectivity index (χ2v) is 7.72. The number of hydrogen-bond donors (Lipinski definition) is 1. The van der Waals surface area contributed by atoms with Gasteiger partial charge in [-0.3, -0.25) is 4.57 Å². The van der Waals surface area contributed by atoms with Gasteiger partial charge in [-0.25, -0.2) is 14.3 Å². The Balaban J connectivity index is 1.61. The van der Waals surface area contributed by atoms with Crippen LogP contribution >= 0.6 is 0 Å². The molecule has 0 radical (unpaired) electrons. The van der Waals surface area contributed by atoms with Crippen LogP contribution in [0.25, 0.3) is 5.69 Å². The Morgan fingerprint density at radius 1 is 1.09 bits per heavy atom. The molecule has 0 unspecified atom stereocenters. The first-order valence-electron chi connectivity index (χ1n) is 10.3. The van der Waals surface area contributed by atoms with Gasteiger partial charge in [-0.2, -0.15) is 0 Å². The zero-order valence-corrected chi connectivity index (χ0v) is 17.5. The fourth-order valence-corrected chi connectivity index (χ4v) is 3.89. The summed E-state index contributed by atoms with van der Waals surface area (Å²) in [5.74, 6) is 0.175. The molecular weight excluding hydrogens is 425 g/mol. The van der Waals surface area contributed by atoms with Crippen molar-refractivity contribution in [2.75, 3.05) is 18.0 Å². The largest absolute Gasteiger partial charge is 0.573 e. The van der Waals surface area contributed by atoms with Crippen LogP contribution in [-0.4, -0.2) is 38.7 Å². The van der Waals surface area contributed by atoms with Crippen molar-refractivity contribution >= 4 is 5.82 Å². The summed E-state index contributed by atoms with van der Waals surface area (Å²) in [5, 5.41) is 10.6. The third-order valence-corrected chi connectivity index (χ3v) is 5.52. The summed E-state index contributed by atoms with van der Waals surface area (Å²) >= 11 is 0. The Labute approximate surface area is 182 Å². The van der Waals surface area contributed by atoms with Crippen molar-refractivity contribution in [1.82, 2.24) is 14.1 Å². The van der Waals surface area contributed by atoms with Crippen LogP contribution in [0.5, 0.6) is 11.6 Å². The topological polar surface area (TPSA) is 72.5 Å². The SMILES string of the molecule is Cc1c(O)n(-c2ccc(OC(F)(F)F)cc2)c(=O)n1Cc1ccnc(N2CCCCC2)c1. The van der Waals surface area contributed by atoms with Gasteiger partial charge in [-0.05, 0) is 68.1 Å². The van der Waals surface area contributed by atoms with Crippen LogP contribution in [0.4, 0.5) is 19.0 Å². The van der Waals surface area contributed by atoms with Crippen molar-refractivity contribution < 1.29 is 23.0 Å². The number of nitrogens with zero attached hydrogens (tertiary/aromatic N) is 4. The lowest BCUT2D eigenvalue weighted by Crippen LogP contribution is -2.30. The minimum Gasteiger partial charge on any atom is -0.493 e. The number of piperidine rings is 1. The van der Waals surface area contributed by atoms with Gasteiger partial charge < -0.3 is 14.7 Å². The number of alkyl halides is 3. The fourth-order valence-electron chi connectivity index (χ4n) is 3.89. The first-order chi connectivity index (χ1) is 15.2. The van der Waals surface area contributed by atoms with E-state index in [1.54, 1.807) is 13.1 Å². The number of anilines is 1. The molecule has 0 atom stereocenters. The molecule has 3 aromatic rings. The molecule has 32 heavy (non-hydrogen) atoms. The smallest absolute Gasteiger partial charge is 0.493 e. The summed E-state index contributed by atoms with van der Waals surface area (Å²) in [7, 11) is 0. The molecule has 0 aliphatic carbocycles. The molecule has 2 aromatic heterocycles. The van der Waals surface area contributed by atoms with Gasteiger partial charge in [-0.1, -0.05) is 0 Å². The van der Waals surface area contributed by atoms with Gasteiger partial charge in [0.05, 0.1) is 17.9 Å². The standard InChI is InChI=1S/C22H23F3N4O3/c1-15-20(30)29(17-5-7-18(8-6-17)32-22(23,24)25)21(31)28(15)14-16-9-10-26-19(13-16)27-11-3-2-4-12-27/h5-10,13,30H,2-4,11-12,14H2,1H3. The fraction of sp³-hybridized carbons (Fsp3) is 0.364. The van der Waals surface area contributed by atoms with Crippen LogP contribution < -0.4 is 15.3 Å². The van der Waals surface area contributed by atoms with Gasteiger partial charge in [0.1, 0.15) is 11.6 Å². The Kier molecular flexibility index (Phi) is 5.86. The zero-order valence-electron chi connectivity index (χ0n) is 17.5. The van der Waals surface area contributed by atoms with Gasteiger partial charge in [0.15, 0.2) is 0 Å². The third kappa shape index (κ3) is 4.58. The Morgan fingerprint density at radius 3 is 2.44 bits per heavy atom. The molecular formula is C22H23F3N4O3. The summed E-state index contributed by atoms with van der Waals surface area (Å²) in [5.41, 5.74) is 0.937. The molecule has 4 rings (SSSR count). The number of aromatic hydroxyl groups is 1. The highest BCUT2D eigenvalue weighted by Crippen LogP contribution is 2.26. The Morgan fingerprint density at radius 2 is 1.78 bits per heavy atom. The van der Waals surface area contributed by atoms with Crippen LogP contribution in [0.2, 0.25) is 0 Å². The third-order valence-electron chi connectivity index (χ3n) is 5.52. The van der Waals surface area contributed by atoms with Crippen LogP contribution in [0.1, 0.15) is 30.5 Å². The summed E-state index contributed by atoms with van der Waals surface area (Å²) in [6.45, 7) is 3.73. The van der Waals surface area contributed by atoms with E-state index in [1.807, 2.05) is 12.1 Å². The molecule has 1 saturated heterocycles. The van der Waals surface area contributed by atoms with E-state index in [1.165, 1.54) is 23.1 Å². The lowest BCUT2D eigenvalue weighted by atomic mass is 10.1. The summed E-state index contributed by atoms with van der Waals surface area (Å²) in [6.07, 6.45) is 0.344. The lowest BCUT2D eigenvalue weighted by molar-refractivity contribution is -0.274. The molecule has 1 aliphatic rings. The summed E-state index contributed by atoms with van der Waals surface area (Å²) < 4.78 is 43.5. The van der Waals surface area contributed by atoms with Crippen LogP contribution in [-0.2, 0) is 6.54 Å². The summed E-state index contributed by atoms with van der Waals surface area (Å²) in [4.78, 5) is 19.7. The maximum Gasteiger partial charge on any atom is 0.573 e. The molecule has 0 saturated carbocycles. The number of ether oxygens (including phenoxy) is 1. The minimum atomic E-state index is -4.81. The molecule has 3 heterocycles. The van der Waals surface area contributed by atoms with E-state index < -0.39 is 17.8 Å². The predicted octanol–water partition coefficient (Wildman–Crippen LogP) is 3.99. The number of benzene rings is 1.